The minimum absolute atomic E-state index is 0.0398. The van der Waals surface area contributed by atoms with E-state index in [0.717, 1.165) is 10.2 Å². The van der Waals surface area contributed by atoms with Gasteiger partial charge in [0.05, 0.1) is 8.66 Å². The fourth-order valence-corrected chi connectivity index (χ4v) is 2.91. The van der Waals surface area contributed by atoms with Crippen molar-refractivity contribution in [1.29, 1.82) is 0 Å². The first kappa shape index (κ1) is 14.0. The summed E-state index contributed by atoms with van der Waals surface area (Å²) in [5, 5.41) is 2.95. The fourth-order valence-electron chi connectivity index (χ4n) is 1.42. The largest absolute Gasteiger partial charge is 0.347 e. The summed E-state index contributed by atoms with van der Waals surface area (Å²) in [6, 6.07) is 3.73. The summed E-state index contributed by atoms with van der Waals surface area (Å²) in [4.78, 5) is 12.5. The molecule has 1 N–H and O–H groups in total. The molecule has 0 saturated carbocycles. The third kappa shape index (κ3) is 4.44. The predicted molar refractivity (Wildman–Crippen MR) is 73.4 cm³/mol. The Hall–Kier alpha value is -0.0600. The Bertz CT molecular complexity index is 354. The molecule has 0 aromatic carbocycles. The zero-order valence-corrected chi connectivity index (χ0v) is 12.5. The van der Waals surface area contributed by atoms with E-state index < -0.39 is 0 Å². The van der Waals surface area contributed by atoms with E-state index in [9.17, 15) is 4.79 Å². The minimum Gasteiger partial charge on any atom is -0.347 e. The molecule has 2 nitrogen and oxygen atoms in total. The molecular formula is C11H15BrClNOS. The van der Waals surface area contributed by atoms with Gasteiger partial charge in [0.15, 0.2) is 0 Å². The fraction of sp³-hybridized carbons (Fsp3) is 0.545. The van der Waals surface area contributed by atoms with Crippen LogP contribution in [0.15, 0.2) is 15.9 Å². The molecule has 0 radical (unpaired) electrons. The maximum atomic E-state index is 11.8. The van der Waals surface area contributed by atoms with E-state index in [-0.39, 0.29) is 11.9 Å². The van der Waals surface area contributed by atoms with Gasteiger partial charge in [0.25, 0.3) is 5.91 Å². The molecule has 0 aliphatic heterocycles. The Morgan fingerprint density at radius 2 is 2.25 bits per heavy atom. The first-order valence-electron chi connectivity index (χ1n) is 5.15. The second-order valence-electron chi connectivity index (χ2n) is 4.06. The van der Waals surface area contributed by atoms with Gasteiger partial charge in [-0.15, -0.1) is 22.9 Å². The van der Waals surface area contributed by atoms with E-state index in [1.807, 2.05) is 12.1 Å². The van der Waals surface area contributed by atoms with Crippen LogP contribution in [0.2, 0.25) is 0 Å². The predicted octanol–water partition coefficient (Wildman–Crippen LogP) is 3.89. The molecule has 1 rings (SSSR count). The number of nitrogens with one attached hydrogen (secondary N) is 1. The number of carbonyl (C=O) groups is 1. The normalized spacial score (nSPS) is 12.8. The second kappa shape index (κ2) is 6.62. The monoisotopic (exact) mass is 323 g/mol. The smallest absolute Gasteiger partial charge is 0.261 e. The Morgan fingerprint density at radius 3 is 2.69 bits per heavy atom. The van der Waals surface area contributed by atoms with E-state index in [1.54, 1.807) is 0 Å². The molecule has 1 unspecified atom stereocenters. The van der Waals surface area contributed by atoms with E-state index in [2.05, 4.69) is 35.1 Å². The average Bonchev–Trinajstić information content (AvgIpc) is 2.63. The van der Waals surface area contributed by atoms with Gasteiger partial charge in [-0.2, -0.15) is 0 Å². The second-order valence-corrected chi connectivity index (χ2v) is 6.83. The van der Waals surface area contributed by atoms with Crippen LogP contribution in [0, 0.1) is 5.92 Å². The van der Waals surface area contributed by atoms with Gasteiger partial charge in [0.2, 0.25) is 0 Å². The molecule has 0 aliphatic rings. The summed E-state index contributed by atoms with van der Waals surface area (Å²) in [6.45, 7) is 4.24. The standard InChI is InChI=1S/C11H15BrClNOS/c1-7(2)5-8(6-13)14-11(15)9-3-4-10(12)16-9/h3-4,7-8H,5-6H2,1-2H3,(H,14,15). The SMILES string of the molecule is CC(C)CC(CCl)NC(=O)c1ccc(Br)s1. The van der Waals surface area contributed by atoms with Crippen molar-refractivity contribution < 1.29 is 4.79 Å². The molecule has 1 heterocycles. The lowest BCUT2D eigenvalue weighted by Crippen LogP contribution is -2.36. The number of halogens is 2. The van der Waals surface area contributed by atoms with Crippen LogP contribution in [0.3, 0.4) is 0 Å². The van der Waals surface area contributed by atoms with Crippen molar-refractivity contribution in [3.63, 3.8) is 0 Å². The molecule has 1 amide bonds. The molecule has 16 heavy (non-hydrogen) atoms. The van der Waals surface area contributed by atoms with Crippen molar-refractivity contribution in [2.75, 3.05) is 5.88 Å². The van der Waals surface area contributed by atoms with E-state index in [4.69, 9.17) is 11.6 Å². The number of rotatable bonds is 5. The minimum atomic E-state index is -0.0398. The number of hydrogen-bond acceptors (Lipinski definition) is 2. The van der Waals surface area contributed by atoms with Crippen molar-refractivity contribution in [2.24, 2.45) is 5.92 Å². The summed E-state index contributed by atoms with van der Waals surface area (Å²) in [5.74, 6) is 0.942. The molecule has 0 fully saturated rings. The third-order valence-electron chi connectivity index (χ3n) is 2.07. The van der Waals surface area contributed by atoms with Crippen LogP contribution < -0.4 is 5.32 Å². The maximum Gasteiger partial charge on any atom is 0.261 e. The van der Waals surface area contributed by atoms with Crippen LogP contribution in [-0.4, -0.2) is 17.8 Å². The lowest BCUT2D eigenvalue weighted by molar-refractivity contribution is 0.0941. The molecule has 0 bridgehead atoms. The molecule has 1 atom stereocenters. The molecule has 1 aromatic heterocycles. The van der Waals surface area contributed by atoms with Gasteiger partial charge in [-0.25, -0.2) is 0 Å². The van der Waals surface area contributed by atoms with E-state index >= 15 is 0 Å². The zero-order chi connectivity index (χ0) is 12.1. The Labute approximate surface area is 114 Å². The third-order valence-corrected chi connectivity index (χ3v) is 4.07. The Kier molecular flexibility index (Phi) is 5.79. The Morgan fingerprint density at radius 1 is 1.56 bits per heavy atom. The highest BCUT2D eigenvalue weighted by atomic mass is 79.9. The molecule has 0 spiro atoms. The van der Waals surface area contributed by atoms with Crippen molar-refractivity contribution in [3.05, 3.63) is 20.8 Å². The summed E-state index contributed by atoms with van der Waals surface area (Å²) >= 11 is 10.6. The molecule has 90 valence electrons. The number of amides is 1. The highest BCUT2D eigenvalue weighted by Gasteiger charge is 2.15. The van der Waals surface area contributed by atoms with Crippen molar-refractivity contribution in [1.82, 2.24) is 5.32 Å². The summed E-state index contributed by atoms with van der Waals surface area (Å²) in [6.07, 6.45) is 0.905. The molecule has 0 saturated heterocycles. The van der Waals surface area contributed by atoms with Gasteiger partial charge in [0.1, 0.15) is 0 Å². The molecule has 1 aromatic rings. The van der Waals surface area contributed by atoms with Gasteiger partial charge in [-0.3, -0.25) is 4.79 Å². The van der Waals surface area contributed by atoms with Crippen LogP contribution >= 0.6 is 38.9 Å². The van der Waals surface area contributed by atoms with E-state index in [1.165, 1.54) is 11.3 Å². The molecular weight excluding hydrogens is 310 g/mol. The first-order chi connectivity index (χ1) is 7.52. The average molecular weight is 325 g/mol. The topological polar surface area (TPSA) is 29.1 Å². The lowest BCUT2D eigenvalue weighted by Gasteiger charge is -2.17. The first-order valence-corrected chi connectivity index (χ1v) is 7.29. The molecule has 0 aliphatic carbocycles. The van der Waals surface area contributed by atoms with Crippen LogP contribution in [0.25, 0.3) is 0 Å². The quantitative estimate of drug-likeness (QED) is 0.818. The lowest BCUT2D eigenvalue weighted by atomic mass is 10.1. The highest BCUT2D eigenvalue weighted by Crippen LogP contribution is 2.22. The maximum absolute atomic E-state index is 11.8. The van der Waals surface area contributed by atoms with Gasteiger partial charge in [-0.1, -0.05) is 13.8 Å². The van der Waals surface area contributed by atoms with Gasteiger partial charge in [0, 0.05) is 11.9 Å². The van der Waals surface area contributed by atoms with Crippen LogP contribution in [-0.2, 0) is 0 Å². The van der Waals surface area contributed by atoms with Crippen molar-refractivity contribution in [3.8, 4) is 0 Å². The van der Waals surface area contributed by atoms with Crippen molar-refractivity contribution in [2.45, 2.75) is 26.3 Å². The number of alkyl halides is 1. The van der Waals surface area contributed by atoms with Gasteiger partial charge in [-0.05, 0) is 40.4 Å². The number of hydrogen-bond donors (Lipinski definition) is 1. The summed E-state index contributed by atoms with van der Waals surface area (Å²) < 4.78 is 0.962. The van der Waals surface area contributed by atoms with Gasteiger partial charge >= 0.3 is 0 Å². The van der Waals surface area contributed by atoms with Crippen LogP contribution in [0.5, 0.6) is 0 Å². The van der Waals surface area contributed by atoms with E-state index in [0.29, 0.717) is 16.7 Å². The van der Waals surface area contributed by atoms with Crippen molar-refractivity contribution >= 4 is 44.8 Å². The zero-order valence-electron chi connectivity index (χ0n) is 9.30. The number of thiophene rings is 1. The van der Waals surface area contributed by atoms with Crippen LogP contribution in [0.1, 0.15) is 29.9 Å². The molecule has 5 heteroatoms. The highest BCUT2D eigenvalue weighted by molar-refractivity contribution is 9.11. The number of carbonyl (C=O) groups excluding carboxylic acids is 1. The Balaban J connectivity index is 2.55. The summed E-state index contributed by atoms with van der Waals surface area (Å²) in [5.41, 5.74) is 0. The van der Waals surface area contributed by atoms with Crippen LogP contribution in [0.4, 0.5) is 0 Å². The van der Waals surface area contributed by atoms with Gasteiger partial charge < -0.3 is 5.32 Å². The summed E-state index contributed by atoms with van der Waals surface area (Å²) in [7, 11) is 0.